The van der Waals surface area contributed by atoms with Crippen molar-refractivity contribution in [1.82, 2.24) is 4.90 Å². The van der Waals surface area contributed by atoms with Crippen LogP contribution >= 0.6 is 0 Å². The lowest BCUT2D eigenvalue weighted by Gasteiger charge is -2.27. The molecule has 1 amide bonds. The Bertz CT molecular complexity index is 351. The molecular formula is C14H21NO3. The number of cyclic esters (lactones) is 1. The lowest BCUT2D eigenvalue weighted by molar-refractivity contribution is -0.148. The molecule has 0 unspecified atom stereocenters. The summed E-state index contributed by atoms with van der Waals surface area (Å²) in [7, 11) is 0. The summed E-state index contributed by atoms with van der Waals surface area (Å²) >= 11 is 0. The van der Waals surface area contributed by atoms with Crippen molar-refractivity contribution in [1.29, 1.82) is 0 Å². The molecule has 2 aliphatic rings. The summed E-state index contributed by atoms with van der Waals surface area (Å²) in [5.74, 6) is 0.0586. The van der Waals surface area contributed by atoms with Crippen molar-refractivity contribution >= 4 is 11.9 Å². The second-order valence-electron chi connectivity index (χ2n) is 5.16. The van der Waals surface area contributed by atoms with Crippen molar-refractivity contribution < 1.29 is 14.3 Å². The van der Waals surface area contributed by atoms with Crippen LogP contribution in [0.1, 0.15) is 39.0 Å². The molecule has 2 heterocycles. The van der Waals surface area contributed by atoms with E-state index in [4.69, 9.17) is 4.74 Å². The number of carbonyl (C=O) groups excluding carboxylic acids is 2. The zero-order valence-corrected chi connectivity index (χ0v) is 10.9. The van der Waals surface area contributed by atoms with Gasteiger partial charge in [0.2, 0.25) is 5.91 Å². The predicted octanol–water partition coefficient (Wildman–Crippen LogP) is 1.90. The number of nitrogens with zero attached hydrogens (tertiary/aromatic N) is 1. The van der Waals surface area contributed by atoms with E-state index in [2.05, 4.69) is 0 Å². The lowest BCUT2D eigenvalue weighted by Crippen LogP contribution is -2.41. The van der Waals surface area contributed by atoms with Gasteiger partial charge in [-0.1, -0.05) is 19.1 Å². The van der Waals surface area contributed by atoms with Gasteiger partial charge < -0.3 is 9.64 Å². The highest BCUT2D eigenvalue weighted by Gasteiger charge is 2.31. The summed E-state index contributed by atoms with van der Waals surface area (Å²) in [5, 5.41) is 0. The quantitative estimate of drug-likeness (QED) is 0.488. The Morgan fingerprint density at radius 3 is 3.00 bits per heavy atom. The van der Waals surface area contributed by atoms with E-state index in [1.54, 1.807) is 0 Å². The largest absolute Gasteiger partial charge is 0.463 e. The van der Waals surface area contributed by atoms with Gasteiger partial charge >= 0.3 is 5.97 Å². The molecular weight excluding hydrogens is 230 g/mol. The average molecular weight is 251 g/mol. The van der Waals surface area contributed by atoms with Crippen LogP contribution in [0, 0.1) is 5.92 Å². The average Bonchev–Trinajstić information content (AvgIpc) is 2.81. The van der Waals surface area contributed by atoms with Crippen LogP contribution in [-0.4, -0.2) is 36.0 Å². The van der Waals surface area contributed by atoms with E-state index in [-0.39, 0.29) is 23.8 Å². The number of allylic oxidation sites excluding steroid dienone is 2. The number of esters is 1. The Balaban J connectivity index is 2.08. The molecule has 0 aliphatic carbocycles. The van der Waals surface area contributed by atoms with Gasteiger partial charge in [-0.05, 0) is 25.7 Å². The smallest absolute Gasteiger partial charge is 0.306 e. The maximum absolute atomic E-state index is 12.3. The molecule has 18 heavy (non-hydrogen) atoms. The summed E-state index contributed by atoms with van der Waals surface area (Å²) in [6, 6.07) is 0.0901. The van der Waals surface area contributed by atoms with Gasteiger partial charge in [0.25, 0.3) is 0 Å². The normalized spacial score (nSPS) is 30.4. The standard InChI is InChI=1S/C14H21NO3/c1-11-6-3-2-4-8-13(16)18-10-12-7-5-9-15(12)14(11)17/h2-3,11-12H,4-10H2,1H3/t11-,12-/m0/s1. The van der Waals surface area contributed by atoms with Crippen LogP contribution < -0.4 is 0 Å². The third-order valence-corrected chi connectivity index (χ3v) is 3.69. The van der Waals surface area contributed by atoms with Gasteiger partial charge in [-0.15, -0.1) is 0 Å². The van der Waals surface area contributed by atoms with Crippen molar-refractivity contribution in [3.63, 3.8) is 0 Å². The maximum atomic E-state index is 12.3. The molecule has 4 heteroatoms. The fourth-order valence-corrected chi connectivity index (χ4v) is 2.56. The molecule has 1 saturated heterocycles. The van der Waals surface area contributed by atoms with E-state index in [0.717, 1.165) is 25.8 Å². The van der Waals surface area contributed by atoms with E-state index in [9.17, 15) is 9.59 Å². The molecule has 2 aliphatic heterocycles. The third kappa shape index (κ3) is 3.12. The molecule has 0 aromatic carbocycles. The van der Waals surface area contributed by atoms with Crippen LogP contribution in [0.15, 0.2) is 12.2 Å². The van der Waals surface area contributed by atoms with Crippen molar-refractivity contribution in [2.24, 2.45) is 5.92 Å². The van der Waals surface area contributed by atoms with E-state index >= 15 is 0 Å². The van der Waals surface area contributed by atoms with E-state index in [1.807, 2.05) is 24.0 Å². The Kier molecular flexibility index (Phi) is 4.39. The van der Waals surface area contributed by atoms with Gasteiger partial charge in [-0.25, -0.2) is 0 Å². The molecule has 2 rings (SSSR count). The summed E-state index contributed by atoms with van der Waals surface area (Å²) < 4.78 is 5.25. The first-order valence-corrected chi connectivity index (χ1v) is 6.79. The minimum atomic E-state index is -0.160. The van der Waals surface area contributed by atoms with Crippen LogP contribution in [0.25, 0.3) is 0 Å². The summed E-state index contributed by atoms with van der Waals surface area (Å²) in [6.07, 6.45) is 7.82. The Hall–Kier alpha value is -1.32. The fraction of sp³-hybridized carbons (Fsp3) is 0.714. The number of amides is 1. The molecule has 2 atom stereocenters. The molecule has 0 spiro atoms. The van der Waals surface area contributed by atoms with Crippen molar-refractivity contribution in [3.8, 4) is 0 Å². The van der Waals surface area contributed by atoms with Gasteiger partial charge in [0.15, 0.2) is 0 Å². The number of fused-ring (bicyclic) bond motifs is 1. The van der Waals surface area contributed by atoms with E-state index < -0.39 is 0 Å². The maximum Gasteiger partial charge on any atom is 0.306 e. The SMILES string of the molecule is C[C@H]1CC=CCCC(=O)OC[C@@H]2CCCN2C1=O. The van der Waals surface area contributed by atoms with Crippen LogP contribution in [0.3, 0.4) is 0 Å². The number of carbonyl (C=O) groups is 2. The Morgan fingerprint density at radius 1 is 1.33 bits per heavy atom. The van der Waals surface area contributed by atoms with E-state index in [0.29, 0.717) is 19.4 Å². The highest BCUT2D eigenvalue weighted by molar-refractivity contribution is 5.79. The third-order valence-electron chi connectivity index (χ3n) is 3.69. The van der Waals surface area contributed by atoms with Crippen LogP contribution in [-0.2, 0) is 14.3 Å². The number of hydrogen-bond donors (Lipinski definition) is 0. The van der Waals surface area contributed by atoms with Crippen molar-refractivity contribution in [3.05, 3.63) is 12.2 Å². The van der Waals surface area contributed by atoms with Crippen molar-refractivity contribution in [2.75, 3.05) is 13.2 Å². The Labute approximate surface area is 108 Å². The highest BCUT2D eigenvalue weighted by atomic mass is 16.5. The monoisotopic (exact) mass is 251 g/mol. The molecule has 1 fully saturated rings. The van der Waals surface area contributed by atoms with Crippen LogP contribution in [0.2, 0.25) is 0 Å². The molecule has 0 saturated carbocycles. The topological polar surface area (TPSA) is 46.6 Å². The molecule has 0 radical (unpaired) electrons. The molecule has 0 aromatic rings. The van der Waals surface area contributed by atoms with Gasteiger partial charge in [0.1, 0.15) is 6.61 Å². The second kappa shape index (κ2) is 6.03. The second-order valence-corrected chi connectivity index (χ2v) is 5.16. The summed E-state index contributed by atoms with van der Waals surface area (Å²) in [6.45, 7) is 3.13. The first kappa shape index (κ1) is 13.1. The molecule has 0 N–H and O–H groups in total. The predicted molar refractivity (Wildman–Crippen MR) is 67.8 cm³/mol. The molecule has 4 nitrogen and oxygen atoms in total. The van der Waals surface area contributed by atoms with Gasteiger partial charge in [0, 0.05) is 18.9 Å². The molecule has 0 bridgehead atoms. The minimum Gasteiger partial charge on any atom is -0.463 e. The van der Waals surface area contributed by atoms with E-state index in [1.165, 1.54) is 0 Å². The minimum absolute atomic E-state index is 0.0250. The number of ether oxygens (including phenoxy) is 1. The zero-order valence-electron chi connectivity index (χ0n) is 10.9. The first-order valence-electron chi connectivity index (χ1n) is 6.79. The summed E-state index contributed by atoms with van der Waals surface area (Å²) in [4.78, 5) is 25.6. The zero-order chi connectivity index (χ0) is 13.0. The molecule has 0 aromatic heterocycles. The lowest BCUT2D eigenvalue weighted by atomic mass is 10.0. The van der Waals surface area contributed by atoms with Gasteiger partial charge in [-0.2, -0.15) is 0 Å². The van der Waals surface area contributed by atoms with Gasteiger partial charge in [-0.3, -0.25) is 9.59 Å². The first-order chi connectivity index (χ1) is 8.68. The highest BCUT2D eigenvalue weighted by Crippen LogP contribution is 2.22. The van der Waals surface area contributed by atoms with Crippen LogP contribution in [0.5, 0.6) is 0 Å². The number of rotatable bonds is 0. The Morgan fingerprint density at radius 2 is 2.17 bits per heavy atom. The van der Waals surface area contributed by atoms with Crippen LogP contribution in [0.4, 0.5) is 0 Å². The fourth-order valence-electron chi connectivity index (χ4n) is 2.56. The molecule has 100 valence electrons. The summed E-state index contributed by atoms with van der Waals surface area (Å²) in [5.41, 5.74) is 0. The van der Waals surface area contributed by atoms with Crippen molar-refractivity contribution in [2.45, 2.75) is 45.1 Å². The number of hydrogen-bond acceptors (Lipinski definition) is 3. The van der Waals surface area contributed by atoms with Gasteiger partial charge in [0.05, 0.1) is 6.04 Å².